The van der Waals surface area contributed by atoms with Crippen LogP contribution >= 0.6 is 0 Å². The van der Waals surface area contributed by atoms with Crippen LogP contribution in [-0.2, 0) is 20.0 Å². The smallest absolute Gasteiger partial charge is 0.264 e. The normalized spacial score (nSPS) is 12.2. The molecule has 0 amide bonds. The van der Waals surface area contributed by atoms with Crippen molar-refractivity contribution in [1.82, 2.24) is 0 Å². The second-order valence-electron chi connectivity index (χ2n) is 8.48. The number of oxime groups is 1. The van der Waals surface area contributed by atoms with Gasteiger partial charge in [0, 0.05) is 25.2 Å². The molecule has 1 aliphatic carbocycles. The van der Waals surface area contributed by atoms with Gasteiger partial charge in [-0.05, 0) is 59.7 Å². The molecule has 4 aromatic carbocycles. The van der Waals surface area contributed by atoms with E-state index < -0.39 is 20.0 Å². The Hall–Kier alpha value is -4.15. The van der Waals surface area contributed by atoms with E-state index in [1.165, 1.54) is 47.0 Å². The fourth-order valence-corrected chi connectivity index (χ4v) is 6.80. The maximum Gasteiger partial charge on any atom is 0.264 e. The largest absolute Gasteiger partial charge is 0.410 e. The van der Waals surface area contributed by atoms with Crippen molar-refractivity contribution in [2.24, 2.45) is 5.16 Å². The first-order chi connectivity index (χ1) is 17.7. The van der Waals surface area contributed by atoms with Gasteiger partial charge in [0.15, 0.2) is 0 Å². The number of sulfonamides is 2. The Morgan fingerprint density at radius 2 is 0.947 bits per heavy atom. The Morgan fingerprint density at radius 1 is 0.579 bits per heavy atom. The SMILES string of the molecule is C.CN(c1ccccc1)S(=O)(=O)c1ccc2c(c1)C(=NO)c1cc(S(=O)(=O)N(C)c3ccccc3)ccc1-2. The Bertz CT molecular complexity index is 1610. The van der Waals surface area contributed by atoms with Crippen molar-refractivity contribution < 1.29 is 22.0 Å². The summed E-state index contributed by atoms with van der Waals surface area (Å²) in [6, 6.07) is 26.5. The quantitative estimate of drug-likeness (QED) is 0.232. The number of anilines is 2. The van der Waals surface area contributed by atoms with E-state index in [9.17, 15) is 22.0 Å². The lowest BCUT2D eigenvalue weighted by atomic mass is 10.1. The van der Waals surface area contributed by atoms with E-state index in [4.69, 9.17) is 0 Å². The molecule has 1 N–H and O–H groups in total. The Morgan fingerprint density at radius 3 is 1.29 bits per heavy atom. The number of nitrogens with zero attached hydrogens (tertiary/aromatic N) is 3. The highest BCUT2D eigenvalue weighted by molar-refractivity contribution is 7.93. The minimum Gasteiger partial charge on any atom is -0.410 e. The highest BCUT2D eigenvalue weighted by Crippen LogP contribution is 2.40. The summed E-state index contributed by atoms with van der Waals surface area (Å²) < 4.78 is 55.7. The second kappa shape index (κ2) is 9.96. The molecule has 0 heterocycles. The third-order valence-corrected chi connectivity index (χ3v) is 10.0. The number of benzene rings is 4. The third kappa shape index (κ3) is 4.31. The molecule has 0 spiro atoms. The Balaban J connectivity index is 0.00000336. The predicted octanol–water partition coefficient (Wildman–Crippen LogP) is 5.18. The van der Waals surface area contributed by atoms with Crippen molar-refractivity contribution in [2.45, 2.75) is 17.2 Å². The fraction of sp³-hybridized carbons (Fsp3) is 0.107. The van der Waals surface area contributed by atoms with Crippen LogP contribution in [0, 0.1) is 0 Å². The van der Waals surface area contributed by atoms with E-state index in [1.807, 2.05) is 0 Å². The average molecular weight is 550 g/mol. The van der Waals surface area contributed by atoms with Crippen LogP contribution in [0.3, 0.4) is 0 Å². The highest BCUT2D eigenvalue weighted by atomic mass is 32.2. The van der Waals surface area contributed by atoms with Gasteiger partial charge < -0.3 is 5.21 Å². The molecule has 10 heteroatoms. The van der Waals surface area contributed by atoms with Gasteiger partial charge in [0.2, 0.25) is 0 Å². The number of rotatable bonds is 6. The molecule has 0 unspecified atom stereocenters. The van der Waals surface area contributed by atoms with Gasteiger partial charge in [0.25, 0.3) is 20.0 Å². The van der Waals surface area contributed by atoms with Gasteiger partial charge >= 0.3 is 0 Å². The van der Waals surface area contributed by atoms with E-state index in [0.29, 0.717) is 33.6 Å². The van der Waals surface area contributed by atoms with Crippen molar-refractivity contribution >= 4 is 37.1 Å². The van der Waals surface area contributed by atoms with Gasteiger partial charge in [-0.25, -0.2) is 16.8 Å². The molecule has 5 rings (SSSR count). The maximum absolute atomic E-state index is 13.3. The first-order valence-corrected chi connectivity index (χ1v) is 14.1. The van der Waals surface area contributed by atoms with Crippen molar-refractivity contribution in [3.05, 3.63) is 108 Å². The van der Waals surface area contributed by atoms with Crippen LogP contribution < -0.4 is 8.61 Å². The van der Waals surface area contributed by atoms with E-state index in [-0.39, 0.29) is 22.9 Å². The lowest BCUT2D eigenvalue weighted by Gasteiger charge is -2.20. The molecule has 1 aliphatic rings. The molecule has 0 aromatic heterocycles. The van der Waals surface area contributed by atoms with Crippen LogP contribution in [0.25, 0.3) is 11.1 Å². The van der Waals surface area contributed by atoms with Gasteiger partial charge in [-0.1, -0.05) is 61.1 Å². The van der Waals surface area contributed by atoms with E-state index in [0.717, 1.165) is 0 Å². The lowest BCUT2D eigenvalue weighted by Crippen LogP contribution is -2.26. The number of para-hydroxylation sites is 2. The summed E-state index contributed by atoms with van der Waals surface area (Å²) in [5.74, 6) is 0. The number of hydrogen-bond donors (Lipinski definition) is 1. The van der Waals surface area contributed by atoms with Gasteiger partial charge in [-0.2, -0.15) is 0 Å². The molecule has 38 heavy (non-hydrogen) atoms. The molecule has 0 aliphatic heterocycles. The zero-order chi connectivity index (χ0) is 26.4. The Kier molecular flexibility index (Phi) is 7.05. The molecule has 4 aromatic rings. The van der Waals surface area contributed by atoms with Crippen LogP contribution in [-0.4, -0.2) is 41.8 Å². The molecule has 0 saturated heterocycles. The summed E-state index contributed by atoms with van der Waals surface area (Å²) in [4.78, 5) is 0.0337. The standard InChI is InChI=1S/C27H23N3O5S2.CH4/c1-29(19-9-5-3-6-10-19)36(32,33)21-13-15-23-24-16-14-22(18-26(24)27(28-31)25(23)17-21)37(34,35)30(2)20-11-7-4-8-12-20;/h3-18,31H,1-2H3;1H4. The average Bonchev–Trinajstić information content (AvgIpc) is 3.25. The van der Waals surface area contributed by atoms with E-state index in [2.05, 4.69) is 5.16 Å². The van der Waals surface area contributed by atoms with Crippen LogP contribution in [0.1, 0.15) is 18.6 Å². The molecular formula is C28H27N3O5S2. The molecular weight excluding hydrogens is 522 g/mol. The van der Waals surface area contributed by atoms with E-state index in [1.54, 1.807) is 72.8 Å². The first-order valence-electron chi connectivity index (χ1n) is 11.3. The van der Waals surface area contributed by atoms with Crippen LogP contribution in [0.2, 0.25) is 0 Å². The monoisotopic (exact) mass is 549 g/mol. The highest BCUT2D eigenvalue weighted by Gasteiger charge is 2.31. The van der Waals surface area contributed by atoms with Gasteiger partial charge in [-0.3, -0.25) is 8.61 Å². The third-order valence-electron chi connectivity index (χ3n) is 6.44. The van der Waals surface area contributed by atoms with E-state index >= 15 is 0 Å². The van der Waals surface area contributed by atoms with Gasteiger partial charge in [0.1, 0.15) is 5.71 Å². The molecule has 0 fully saturated rings. The van der Waals surface area contributed by atoms with Gasteiger partial charge in [0.05, 0.1) is 21.2 Å². The second-order valence-corrected chi connectivity index (χ2v) is 12.4. The predicted molar refractivity (Wildman–Crippen MR) is 150 cm³/mol. The molecule has 196 valence electrons. The summed E-state index contributed by atoms with van der Waals surface area (Å²) in [5, 5.41) is 13.3. The molecule has 0 bridgehead atoms. The molecule has 0 radical (unpaired) electrons. The number of fused-ring (bicyclic) bond motifs is 3. The minimum absolute atomic E-state index is 0. The molecule has 8 nitrogen and oxygen atoms in total. The van der Waals surface area contributed by atoms with Gasteiger partial charge in [-0.15, -0.1) is 0 Å². The Labute approximate surface area is 223 Å². The summed E-state index contributed by atoms with van der Waals surface area (Å²) in [6.45, 7) is 0. The summed E-state index contributed by atoms with van der Waals surface area (Å²) in [6.07, 6.45) is 0. The summed E-state index contributed by atoms with van der Waals surface area (Å²) >= 11 is 0. The van der Waals surface area contributed by atoms with Crippen LogP contribution in [0.5, 0.6) is 0 Å². The fourth-order valence-electron chi connectivity index (χ4n) is 4.35. The van der Waals surface area contributed by atoms with Crippen LogP contribution in [0.4, 0.5) is 11.4 Å². The zero-order valence-electron chi connectivity index (χ0n) is 20.0. The first kappa shape index (κ1) is 26.9. The summed E-state index contributed by atoms with van der Waals surface area (Å²) in [5.41, 5.74) is 3.18. The lowest BCUT2D eigenvalue weighted by molar-refractivity contribution is 0.320. The van der Waals surface area contributed by atoms with Crippen molar-refractivity contribution in [1.29, 1.82) is 0 Å². The van der Waals surface area contributed by atoms with Crippen molar-refractivity contribution in [3.8, 4) is 11.1 Å². The molecule has 0 atom stereocenters. The summed E-state index contributed by atoms with van der Waals surface area (Å²) in [7, 11) is -4.89. The topological polar surface area (TPSA) is 107 Å². The van der Waals surface area contributed by atoms with Crippen molar-refractivity contribution in [3.63, 3.8) is 0 Å². The number of hydrogen-bond acceptors (Lipinski definition) is 6. The minimum atomic E-state index is -3.91. The molecule has 0 saturated carbocycles. The zero-order valence-corrected chi connectivity index (χ0v) is 21.6. The van der Waals surface area contributed by atoms with Crippen LogP contribution in [0.15, 0.2) is 112 Å². The van der Waals surface area contributed by atoms with Crippen molar-refractivity contribution in [2.75, 3.05) is 22.7 Å². The maximum atomic E-state index is 13.3.